The molecule has 0 spiro atoms. The Labute approximate surface area is 213 Å². The van der Waals surface area contributed by atoms with Crippen LogP contribution in [0.1, 0.15) is 68.6 Å². The minimum atomic E-state index is -0.0560. The summed E-state index contributed by atoms with van der Waals surface area (Å²) in [7, 11) is 0. The van der Waals surface area contributed by atoms with E-state index in [1.54, 1.807) is 0 Å². The van der Waals surface area contributed by atoms with E-state index < -0.39 is 0 Å². The standard InChI is InChI=1S/C27H41BrN4O2/c1-21-8-4-5-14-30(21)15-7-13-29-26(33)25(22-9-2-3-10-22)31-16-18-32(19-17-31)27(34)23-11-6-12-24(28)20-23/h6,11-12,20-22,25H,2-5,7-10,13-19H2,1H3,(H,29,33)/t21-,25-/m1/s1. The molecule has 6 nitrogen and oxygen atoms in total. The van der Waals surface area contributed by atoms with Gasteiger partial charge in [-0.15, -0.1) is 0 Å². The molecule has 2 aliphatic heterocycles. The topological polar surface area (TPSA) is 55.9 Å². The molecular formula is C27H41BrN4O2. The van der Waals surface area contributed by atoms with Gasteiger partial charge in [0.1, 0.15) is 0 Å². The fourth-order valence-electron chi connectivity index (χ4n) is 6.05. The van der Waals surface area contributed by atoms with Crippen molar-refractivity contribution in [3.05, 3.63) is 34.3 Å². The van der Waals surface area contributed by atoms with E-state index in [0.29, 0.717) is 25.0 Å². The highest BCUT2D eigenvalue weighted by Gasteiger charge is 2.37. The van der Waals surface area contributed by atoms with Crippen LogP contribution in [0.15, 0.2) is 28.7 Å². The van der Waals surface area contributed by atoms with Crippen molar-refractivity contribution in [2.75, 3.05) is 45.8 Å². The Morgan fingerprint density at radius 1 is 1.03 bits per heavy atom. The molecule has 1 aromatic rings. The molecule has 2 saturated heterocycles. The number of hydrogen-bond acceptors (Lipinski definition) is 4. The second-order valence-electron chi connectivity index (χ2n) is 10.4. The molecule has 3 aliphatic rings. The molecule has 34 heavy (non-hydrogen) atoms. The summed E-state index contributed by atoms with van der Waals surface area (Å²) in [6, 6.07) is 8.21. The fourth-order valence-corrected chi connectivity index (χ4v) is 6.45. The highest BCUT2D eigenvalue weighted by molar-refractivity contribution is 9.10. The van der Waals surface area contributed by atoms with Gasteiger partial charge >= 0.3 is 0 Å². The third-order valence-electron chi connectivity index (χ3n) is 8.04. The molecule has 188 valence electrons. The minimum Gasteiger partial charge on any atom is -0.355 e. The van der Waals surface area contributed by atoms with Crippen molar-refractivity contribution in [1.82, 2.24) is 20.0 Å². The van der Waals surface area contributed by atoms with Gasteiger partial charge in [-0.1, -0.05) is 41.3 Å². The normalized spacial score (nSPS) is 23.7. The first-order valence-electron chi connectivity index (χ1n) is 13.3. The number of nitrogens with one attached hydrogen (secondary N) is 1. The van der Waals surface area contributed by atoms with E-state index in [1.807, 2.05) is 29.2 Å². The molecule has 1 saturated carbocycles. The number of piperazine rings is 1. The first kappa shape index (κ1) is 25.6. The van der Waals surface area contributed by atoms with E-state index >= 15 is 0 Å². The Hall–Kier alpha value is -1.44. The molecule has 1 aliphatic carbocycles. The summed E-state index contributed by atoms with van der Waals surface area (Å²) >= 11 is 3.46. The van der Waals surface area contributed by atoms with E-state index in [1.165, 1.54) is 38.6 Å². The summed E-state index contributed by atoms with van der Waals surface area (Å²) in [4.78, 5) is 33.2. The van der Waals surface area contributed by atoms with Crippen LogP contribution in [0.2, 0.25) is 0 Å². The molecule has 2 heterocycles. The quantitative estimate of drug-likeness (QED) is 0.511. The van der Waals surface area contributed by atoms with Crippen LogP contribution in [0.4, 0.5) is 0 Å². The number of nitrogens with zero attached hydrogens (tertiary/aromatic N) is 3. The number of hydrogen-bond donors (Lipinski definition) is 1. The molecule has 0 aromatic heterocycles. The fraction of sp³-hybridized carbons (Fsp3) is 0.704. The van der Waals surface area contributed by atoms with Crippen LogP contribution in [0, 0.1) is 5.92 Å². The molecule has 4 rings (SSSR count). The smallest absolute Gasteiger partial charge is 0.253 e. The van der Waals surface area contributed by atoms with Crippen molar-refractivity contribution < 1.29 is 9.59 Å². The van der Waals surface area contributed by atoms with E-state index in [0.717, 1.165) is 55.5 Å². The molecule has 7 heteroatoms. The molecule has 2 atom stereocenters. The van der Waals surface area contributed by atoms with Crippen LogP contribution in [-0.4, -0.2) is 84.4 Å². The van der Waals surface area contributed by atoms with Crippen molar-refractivity contribution in [3.63, 3.8) is 0 Å². The molecule has 1 aromatic carbocycles. The summed E-state index contributed by atoms with van der Waals surface area (Å²) in [5, 5.41) is 3.28. The zero-order valence-corrected chi connectivity index (χ0v) is 22.3. The van der Waals surface area contributed by atoms with Gasteiger partial charge in [0.2, 0.25) is 5.91 Å². The van der Waals surface area contributed by atoms with Gasteiger partial charge in [0.25, 0.3) is 5.91 Å². The monoisotopic (exact) mass is 532 g/mol. The van der Waals surface area contributed by atoms with Gasteiger partial charge in [-0.2, -0.15) is 0 Å². The maximum Gasteiger partial charge on any atom is 0.253 e. The van der Waals surface area contributed by atoms with Crippen LogP contribution in [0.5, 0.6) is 0 Å². The second-order valence-corrected chi connectivity index (χ2v) is 11.3. The number of likely N-dealkylation sites (tertiary alicyclic amines) is 1. The predicted molar refractivity (Wildman–Crippen MR) is 140 cm³/mol. The molecule has 0 bridgehead atoms. The molecule has 0 unspecified atom stereocenters. The summed E-state index contributed by atoms with van der Waals surface area (Å²) in [6.07, 6.45) is 9.69. The SMILES string of the molecule is C[C@@H]1CCCCN1CCCNC(=O)[C@@H](C1CCCC1)N1CCN(C(=O)c2cccc(Br)c2)CC1. The number of carbonyl (C=O) groups excluding carboxylic acids is 2. The maximum atomic E-state index is 13.4. The second kappa shape index (κ2) is 12.5. The zero-order chi connectivity index (χ0) is 23.9. The maximum absolute atomic E-state index is 13.4. The van der Waals surface area contributed by atoms with Crippen molar-refractivity contribution in [1.29, 1.82) is 0 Å². The lowest BCUT2D eigenvalue weighted by Gasteiger charge is -2.41. The highest BCUT2D eigenvalue weighted by Crippen LogP contribution is 2.31. The van der Waals surface area contributed by atoms with E-state index in [4.69, 9.17) is 0 Å². The van der Waals surface area contributed by atoms with Gasteiger partial charge in [0.15, 0.2) is 0 Å². The number of benzene rings is 1. The van der Waals surface area contributed by atoms with Gasteiger partial charge in [-0.05, 0) is 69.7 Å². The first-order chi connectivity index (χ1) is 16.5. The van der Waals surface area contributed by atoms with Gasteiger partial charge in [-0.3, -0.25) is 14.5 Å². The Morgan fingerprint density at radius 2 is 1.76 bits per heavy atom. The van der Waals surface area contributed by atoms with Crippen molar-refractivity contribution in [2.45, 2.75) is 70.4 Å². The average Bonchev–Trinajstić information content (AvgIpc) is 3.37. The molecule has 0 radical (unpaired) electrons. The van der Waals surface area contributed by atoms with Crippen molar-refractivity contribution in [3.8, 4) is 0 Å². The van der Waals surface area contributed by atoms with E-state index in [2.05, 4.69) is 38.0 Å². The largest absolute Gasteiger partial charge is 0.355 e. The van der Waals surface area contributed by atoms with Gasteiger partial charge in [0, 0.05) is 55.3 Å². The number of amides is 2. The van der Waals surface area contributed by atoms with Gasteiger partial charge < -0.3 is 15.1 Å². The van der Waals surface area contributed by atoms with Crippen LogP contribution < -0.4 is 5.32 Å². The summed E-state index contributed by atoms with van der Waals surface area (Å²) in [5.41, 5.74) is 0.718. The van der Waals surface area contributed by atoms with Crippen molar-refractivity contribution >= 4 is 27.7 Å². The molecule has 2 amide bonds. The Morgan fingerprint density at radius 3 is 2.47 bits per heavy atom. The molecular weight excluding hydrogens is 492 g/mol. The number of rotatable bonds is 8. The Balaban J connectivity index is 1.29. The lowest BCUT2D eigenvalue weighted by atomic mass is 9.95. The Bertz CT molecular complexity index is 821. The van der Waals surface area contributed by atoms with Crippen LogP contribution in [0.25, 0.3) is 0 Å². The lowest BCUT2D eigenvalue weighted by molar-refractivity contribution is -0.129. The molecule has 3 fully saturated rings. The lowest BCUT2D eigenvalue weighted by Crippen LogP contribution is -2.58. The number of piperidine rings is 1. The minimum absolute atomic E-state index is 0.0560. The summed E-state index contributed by atoms with van der Waals surface area (Å²) in [5.74, 6) is 0.717. The third kappa shape index (κ3) is 6.61. The number of carbonyl (C=O) groups is 2. The summed E-state index contributed by atoms with van der Waals surface area (Å²) in [6.45, 7) is 8.23. The van der Waals surface area contributed by atoms with E-state index in [-0.39, 0.29) is 17.9 Å². The number of halogens is 1. The highest BCUT2D eigenvalue weighted by atomic mass is 79.9. The van der Waals surface area contributed by atoms with Crippen LogP contribution in [0.3, 0.4) is 0 Å². The van der Waals surface area contributed by atoms with Crippen molar-refractivity contribution in [2.24, 2.45) is 5.92 Å². The molecule has 1 N–H and O–H groups in total. The zero-order valence-electron chi connectivity index (χ0n) is 20.7. The van der Waals surface area contributed by atoms with E-state index in [9.17, 15) is 9.59 Å². The first-order valence-corrected chi connectivity index (χ1v) is 14.1. The van der Waals surface area contributed by atoms with Gasteiger partial charge in [0.05, 0.1) is 6.04 Å². The third-order valence-corrected chi connectivity index (χ3v) is 8.54. The Kier molecular flexibility index (Phi) is 9.43. The summed E-state index contributed by atoms with van der Waals surface area (Å²) < 4.78 is 0.921. The van der Waals surface area contributed by atoms with Crippen LogP contribution in [-0.2, 0) is 4.79 Å². The van der Waals surface area contributed by atoms with Gasteiger partial charge in [-0.25, -0.2) is 0 Å². The van der Waals surface area contributed by atoms with Crippen LogP contribution >= 0.6 is 15.9 Å². The predicted octanol–water partition coefficient (Wildman–Crippen LogP) is 4.15. The average molecular weight is 534 g/mol.